The van der Waals surface area contributed by atoms with E-state index in [1.54, 1.807) is 12.5 Å². The molecule has 0 aromatic carbocycles. The Balaban J connectivity index is 2.69. The van der Waals surface area contributed by atoms with Crippen molar-refractivity contribution >= 4 is 0 Å². The van der Waals surface area contributed by atoms with Gasteiger partial charge in [-0.15, -0.1) is 0 Å². The van der Waals surface area contributed by atoms with Crippen molar-refractivity contribution in [1.82, 2.24) is 0 Å². The van der Waals surface area contributed by atoms with Crippen LogP contribution >= 0.6 is 0 Å². The number of rotatable bonds is 3. The Morgan fingerprint density at radius 3 is 2.71 bits per heavy atom. The molecule has 0 saturated heterocycles. The van der Waals surface area contributed by atoms with Gasteiger partial charge in [0.2, 0.25) is 0 Å². The smallest absolute Gasteiger partial charge is 0.0436 e. The van der Waals surface area contributed by atoms with Crippen LogP contribution in [0, 0.1) is 13.3 Å². The third kappa shape index (κ3) is 5.70. The zero-order valence-corrected chi connectivity index (χ0v) is 4.17. The number of hydrogen-bond donors (Lipinski definition) is 1. The molecule has 0 rings (SSSR count). The standard InChI is InChI=1S/C6H9O/c1-2-3-4-5-6-7/h1-4,7H,5-6H2. The molecule has 1 heteroatoms. The maximum absolute atomic E-state index is 8.19. The van der Waals surface area contributed by atoms with Crippen LogP contribution in [0.3, 0.4) is 0 Å². The molecule has 0 aliphatic rings. The van der Waals surface area contributed by atoms with Gasteiger partial charge < -0.3 is 5.11 Å². The average Bonchev–Trinajstić information content (AvgIpc) is 1.69. The number of allylic oxidation sites excluding steroid dienone is 2. The first kappa shape index (κ1) is 6.70. The Morgan fingerprint density at radius 2 is 2.29 bits per heavy atom. The maximum Gasteiger partial charge on any atom is 0.0436 e. The SMILES string of the molecule is [CH]C=C[CH]CCO. The van der Waals surface area contributed by atoms with E-state index in [4.69, 9.17) is 12.0 Å². The number of aliphatic hydroxyl groups excluding tert-OH is 1. The van der Waals surface area contributed by atoms with Gasteiger partial charge in [-0.2, -0.15) is 0 Å². The van der Waals surface area contributed by atoms with Gasteiger partial charge >= 0.3 is 0 Å². The largest absolute Gasteiger partial charge is 0.396 e. The van der Waals surface area contributed by atoms with E-state index in [1.807, 2.05) is 0 Å². The second kappa shape index (κ2) is 5.70. The molecular formula is C6H9O. The van der Waals surface area contributed by atoms with E-state index in [-0.39, 0.29) is 6.61 Å². The first-order valence-electron chi connectivity index (χ1n) is 2.22. The summed E-state index contributed by atoms with van der Waals surface area (Å²) < 4.78 is 0. The van der Waals surface area contributed by atoms with Crippen LogP contribution in [0.25, 0.3) is 0 Å². The van der Waals surface area contributed by atoms with E-state index in [9.17, 15) is 0 Å². The molecule has 0 unspecified atom stereocenters. The Kier molecular flexibility index (Phi) is 5.46. The Labute approximate surface area is 44.7 Å². The molecule has 0 heterocycles. The first-order chi connectivity index (χ1) is 3.41. The van der Waals surface area contributed by atoms with Crippen molar-refractivity contribution < 1.29 is 5.11 Å². The molecule has 3 radical (unpaired) electrons. The molecule has 0 amide bonds. The summed E-state index contributed by atoms with van der Waals surface area (Å²) in [7, 11) is 0. The third-order valence-corrected chi connectivity index (χ3v) is 0.543. The molecule has 0 aromatic heterocycles. The Morgan fingerprint density at radius 1 is 1.57 bits per heavy atom. The number of hydrogen-bond acceptors (Lipinski definition) is 1. The third-order valence-electron chi connectivity index (χ3n) is 0.543. The predicted molar refractivity (Wildman–Crippen MR) is 29.4 cm³/mol. The van der Waals surface area contributed by atoms with Gasteiger partial charge in [0.25, 0.3) is 0 Å². The van der Waals surface area contributed by atoms with E-state index < -0.39 is 0 Å². The van der Waals surface area contributed by atoms with Crippen molar-refractivity contribution in [3.63, 3.8) is 0 Å². The van der Waals surface area contributed by atoms with Crippen LogP contribution in [0.4, 0.5) is 0 Å². The summed E-state index contributed by atoms with van der Waals surface area (Å²) in [5.74, 6) is 0. The lowest BCUT2D eigenvalue weighted by Crippen LogP contribution is -1.78. The minimum absolute atomic E-state index is 0.199. The highest BCUT2D eigenvalue weighted by atomic mass is 16.2. The van der Waals surface area contributed by atoms with Gasteiger partial charge in [0.05, 0.1) is 0 Å². The fourth-order valence-electron chi connectivity index (χ4n) is 0.249. The molecule has 39 valence electrons. The topological polar surface area (TPSA) is 20.2 Å². The fraction of sp³-hybridized carbons (Fsp3) is 0.333. The molecule has 0 saturated carbocycles. The fourth-order valence-corrected chi connectivity index (χ4v) is 0.249. The van der Waals surface area contributed by atoms with Crippen LogP contribution in [0.1, 0.15) is 6.42 Å². The lowest BCUT2D eigenvalue weighted by Gasteiger charge is -1.83. The molecule has 0 aliphatic carbocycles. The van der Waals surface area contributed by atoms with Crippen molar-refractivity contribution in [2.24, 2.45) is 0 Å². The Hall–Kier alpha value is -0.300. The summed E-state index contributed by atoms with van der Waals surface area (Å²) in [5.41, 5.74) is 0. The first-order valence-corrected chi connectivity index (χ1v) is 2.22. The van der Waals surface area contributed by atoms with Crippen LogP contribution in [0.5, 0.6) is 0 Å². The normalized spacial score (nSPS) is 10.6. The molecule has 1 nitrogen and oxygen atoms in total. The highest BCUT2D eigenvalue weighted by Gasteiger charge is 1.74. The van der Waals surface area contributed by atoms with E-state index in [0.29, 0.717) is 6.42 Å². The molecule has 1 N–H and O–H groups in total. The summed E-state index contributed by atoms with van der Waals surface area (Å²) in [6.45, 7) is 5.17. The van der Waals surface area contributed by atoms with Gasteiger partial charge in [-0.1, -0.05) is 12.2 Å². The van der Waals surface area contributed by atoms with Crippen molar-refractivity contribution in [2.45, 2.75) is 6.42 Å². The van der Waals surface area contributed by atoms with E-state index in [1.165, 1.54) is 6.08 Å². The summed E-state index contributed by atoms with van der Waals surface area (Å²) in [6, 6.07) is 0. The quantitative estimate of drug-likeness (QED) is 0.517. The van der Waals surface area contributed by atoms with Gasteiger partial charge in [0.15, 0.2) is 0 Å². The summed E-state index contributed by atoms with van der Waals surface area (Å²) in [4.78, 5) is 0. The van der Waals surface area contributed by atoms with Crippen molar-refractivity contribution in [2.75, 3.05) is 6.61 Å². The van der Waals surface area contributed by atoms with Crippen molar-refractivity contribution in [3.8, 4) is 0 Å². The summed E-state index contributed by atoms with van der Waals surface area (Å²) in [6.07, 6.45) is 5.64. The zero-order chi connectivity index (χ0) is 5.54. The molecule has 7 heavy (non-hydrogen) atoms. The van der Waals surface area contributed by atoms with Gasteiger partial charge in [0.1, 0.15) is 0 Å². The second-order valence-corrected chi connectivity index (χ2v) is 1.13. The van der Waals surface area contributed by atoms with Crippen LogP contribution < -0.4 is 0 Å². The molecule has 0 aliphatic heterocycles. The van der Waals surface area contributed by atoms with E-state index >= 15 is 0 Å². The summed E-state index contributed by atoms with van der Waals surface area (Å²) in [5, 5.41) is 8.19. The van der Waals surface area contributed by atoms with Crippen molar-refractivity contribution in [1.29, 1.82) is 0 Å². The van der Waals surface area contributed by atoms with Gasteiger partial charge in [-0.05, 0) is 19.8 Å². The van der Waals surface area contributed by atoms with Gasteiger partial charge in [-0.25, -0.2) is 0 Å². The Bertz CT molecular complexity index is 48.1. The average molecular weight is 97.1 g/mol. The zero-order valence-electron chi connectivity index (χ0n) is 4.17. The highest BCUT2D eigenvalue weighted by molar-refractivity contribution is 4.95. The van der Waals surface area contributed by atoms with Gasteiger partial charge in [-0.3, -0.25) is 0 Å². The van der Waals surface area contributed by atoms with Crippen LogP contribution in [0.2, 0.25) is 0 Å². The maximum atomic E-state index is 8.19. The highest BCUT2D eigenvalue weighted by Crippen LogP contribution is 1.84. The van der Waals surface area contributed by atoms with E-state index in [0.717, 1.165) is 0 Å². The number of aliphatic hydroxyl groups is 1. The summed E-state index contributed by atoms with van der Waals surface area (Å²) >= 11 is 0. The minimum atomic E-state index is 0.199. The minimum Gasteiger partial charge on any atom is -0.396 e. The van der Waals surface area contributed by atoms with Crippen LogP contribution in [-0.2, 0) is 0 Å². The molecule has 0 atom stereocenters. The van der Waals surface area contributed by atoms with Gasteiger partial charge in [0, 0.05) is 6.61 Å². The lowest BCUT2D eigenvalue weighted by molar-refractivity contribution is 0.299. The number of unbranched alkanes of at least 4 members (excludes halogenated alkanes) is 1. The second-order valence-electron chi connectivity index (χ2n) is 1.13. The molecule has 0 bridgehead atoms. The van der Waals surface area contributed by atoms with Crippen LogP contribution in [0.15, 0.2) is 12.2 Å². The van der Waals surface area contributed by atoms with E-state index in [2.05, 4.69) is 0 Å². The molecular weight excluding hydrogens is 88.1 g/mol. The molecule has 0 spiro atoms. The van der Waals surface area contributed by atoms with Crippen molar-refractivity contribution in [3.05, 3.63) is 25.5 Å². The predicted octanol–water partition coefficient (Wildman–Crippen LogP) is 0.840. The van der Waals surface area contributed by atoms with Crippen LogP contribution in [-0.4, -0.2) is 11.7 Å². The monoisotopic (exact) mass is 97.1 g/mol. The molecule has 0 aromatic rings. The lowest BCUT2D eigenvalue weighted by atomic mass is 10.3. The molecule has 0 fully saturated rings.